The standard InChI is InChI=1S/C20H29ClN2O2/c1-15(2)16-7-11-23(12-8-16)19(24)20(9-13-25-14-10-20)22-18-5-3-17(21)4-6-18/h3-6,15-16,22H,7-14H2,1-2H3. The first-order chi connectivity index (χ1) is 12.0. The number of ether oxygens (including phenoxy) is 1. The zero-order chi connectivity index (χ0) is 17.9. The van der Waals surface area contributed by atoms with Crippen LogP contribution in [0.4, 0.5) is 5.69 Å². The lowest BCUT2D eigenvalue weighted by Crippen LogP contribution is -2.58. The van der Waals surface area contributed by atoms with Crippen molar-refractivity contribution in [3.8, 4) is 0 Å². The average molecular weight is 365 g/mol. The SMILES string of the molecule is CC(C)C1CCN(C(=O)C2(Nc3ccc(Cl)cc3)CCOCC2)CC1. The highest BCUT2D eigenvalue weighted by Gasteiger charge is 2.43. The van der Waals surface area contributed by atoms with Crippen molar-refractivity contribution in [3.05, 3.63) is 29.3 Å². The second kappa shape index (κ2) is 7.96. The number of likely N-dealkylation sites (tertiary alicyclic amines) is 1. The predicted octanol–water partition coefficient (Wildman–Crippen LogP) is 4.20. The van der Waals surface area contributed by atoms with Crippen molar-refractivity contribution in [2.24, 2.45) is 11.8 Å². The maximum absolute atomic E-state index is 13.4. The summed E-state index contributed by atoms with van der Waals surface area (Å²) in [5, 5.41) is 4.23. The molecule has 25 heavy (non-hydrogen) atoms. The van der Waals surface area contributed by atoms with Gasteiger partial charge in [-0.1, -0.05) is 25.4 Å². The molecule has 2 aliphatic rings. The third kappa shape index (κ3) is 4.29. The molecule has 1 aromatic rings. The minimum absolute atomic E-state index is 0.230. The first-order valence-corrected chi connectivity index (χ1v) is 9.79. The smallest absolute Gasteiger partial charge is 0.248 e. The minimum Gasteiger partial charge on any atom is -0.381 e. The second-order valence-electron chi connectivity index (χ2n) is 7.70. The quantitative estimate of drug-likeness (QED) is 0.870. The normalized spacial score (nSPS) is 21.4. The number of nitrogens with one attached hydrogen (secondary N) is 1. The molecular weight excluding hydrogens is 336 g/mol. The Kier molecular flexibility index (Phi) is 5.90. The molecule has 0 aliphatic carbocycles. The van der Waals surface area contributed by atoms with E-state index in [2.05, 4.69) is 24.1 Å². The zero-order valence-electron chi connectivity index (χ0n) is 15.3. The molecule has 2 heterocycles. The summed E-state index contributed by atoms with van der Waals surface area (Å²) in [5.41, 5.74) is 0.383. The number of benzene rings is 1. The van der Waals surface area contributed by atoms with Gasteiger partial charge in [-0.05, 0) is 48.9 Å². The van der Waals surface area contributed by atoms with E-state index in [9.17, 15) is 4.79 Å². The van der Waals surface area contributed by atoms with Crippen LogP contribution in [-0.2, 0) is 9.53 Å². The molecule has 3 rings (SSSR count). The third-order valence-corrected chi connectivity index (χ3v) is 6.01. The van der Waals surface area contributed by atoms with Gasteiger partial charge in [0.2, 0.25) is 5.91 Å². The molecule has 1 amide bonds. The monoisotopic (exact) mass is 364 g/mol. The molecule has 2 saturated heterocycles. The molecule has 1 aromatic carbocycles. The van der Waals surface area contributed by atoms with Crippen molar-refractivity contribution in [1.82, 2.24) is 4.90 Å². The average Bonchev–Trinajstić information content (AvgIpc) is 2.64. The zero-order valence-corrected chi connectivity index (χ0v) is 16.0. The van der Waals surface area contributed by atoms with Gasteiger partial charge in [-0.15, -0.1) is 0 Å². The molecule has 0 atom stereocenters. The van der Waals surface area contributed by atoms with Crippen LogP contribution in [0.1, 0.15) is 39.5 Å². The first-order valence-electron chi connectivity index (χ1n) is 9.41. The lowest BCUT2D eigenvalue weighted by atomic mass is 9.84. The highest BCUT2D eigenvalue weighted by Crippen LogP contribution is 2.32. The number of amides is 1. The van der Waals surface area contributed by atoms with Crippen molar-refractivity contribution in [2.75, 3.05) is 31.6 Å². The fourth-order valence-electron chi connectivity index (χ4n) is 3.99. The van der Waals surface area contributed by atoms with Crippen molar-refractivity contribution in [3.63, 3.8) is 0 Å². The molecule has 0 unspecified atom stereocenters. The summed E-state index contributed by atoms with van der Waals surface area (Å²) >= 11 is 5.99. The van der Waals surface area contributed by atoms with Crippen molar-refractivity contribution < 1.29 is 9.53 Å². The van der Waals surface area contributed by atoms with Crippen molar-refractivity contribution in [1.29, 1.82) is 0 Å². The van der Waals surface area contributed by atoms with Crippen LogP contribution in [-0.4, -0.2) is 42.6 Å². The number of hydrogen-bond donors (Lipinski definition) is 1. The minimum atomic E-state index is -0.559. The maximum Gasteiger partial charge on any atom is 0.248 e. The molecular formula is C20H29ClN2O2. The molecule has 1 N–H and O–H groups in total. The molecule has 138 valence electrons. The third-order valence-electron chi connectivity index (χ3n) is 5.75. The van der Waals surface area contributed by atoms with Crippen LogP contribution in [0.2, 0.25) is 5.02 Å². The van der Waals surface area contributed by atoms with Crippen LogP contribution in [0, 0.1) is 11.8 Å². The van der Waals surface area contributed by atoms with E-state index < -0.39 is 5.54 Å². The largest absolute Gasteiger partial charge is 0.381 e. The Labute approximate surface area is 155 Å². The summed E-state index contributed by atoms with van der Waals surface area (Å²) in [6.45, 7) is 7.54. The van der Waals surface area contributed by atoms with Gasteiger partial charge in [-0.25, -0.2) is 0 Å². The van der Waals surface area contributed by atoms with E-state index in [1.807, 2.05) is 24.3 Å². The van der Waals surface area contributed by atoms with E-state index in [0.29, 0.717) is 37.0 Å². The summed E-state index contributed by atoms with van der Waals surface area (Å²) in [6.07, 6.45) is 3.63. The van der Waals surface area contributed by atoms with E-state index in [1.54, 1.807) is 0 Å². The molecule has 0 saturated carbocycles. The van der Waals surface area contributed by atoms with Gasteiger partial charge < -0.3 is 15.0 Å². The second-order valence-corrected chi connectivity index (χ2v) is 8.14. The summed E-state index contributed by atoms with van der Waals surface area (Å²) in [6, 6.07) is 7.60. The number of carbonyl (C=O) groups excluding carboxylic acids is 1. The predicted molar refractivity (Wildman–Crippen MR) is 102 cm³/mol. The Morgan fingerprint density at radius 3 is 2.36 bits per heavy atom. The van der Waals surface area contributed by atoms with E-state index in [-0.39, 0.29) is 5.91 Å². The van der Waals surface area contributed by atoms with Gasteiger partial charge in [0.05, 0.1) is 0 Å². The van der Waals surface area contributed by atoms with E-state index in [4.69, 9.17) is 16.3 Å². The number of hydrogen-bond acceptors (Lipinski definition) is 3. The van der Waals surface area contributed by atoms with E-state index in [1.165, 1.54) is 0 Å². The van der Waals surface area contributed by atoms with Gasteiger partial charge in [-0.3, -0.25) is 4.79 Å². The fraction of sp³-hybridized carbons (Fsp3) is 0.650. The van der Waals surface area contributed by atoms with Gasteiger partial charge in [0.25, 0.3) is 0 Å². The number of carbonyl (C=O) groups is 1. The first kappa shape index (κ1) is 18.5. The molecule has 4 nitrogen and oxygen atoms in total. The van der Waals surface area contributed by atoms with Crippen molar-refractivity contribution >= 4 is 23.2 Å². The fourth-order valence-corrected chi connectivity index (χ4v) is 4.12. The number of nitrogens with zero attached hydrogens (tertiary/aromatic N) is 1. The van der Waals surface area contributed by atoms with E-state index in [0.717, 1.165) is 37.5 Å². The Bertz CT molecular complexity index is 574. The van der Waals surface area contributed by atoms with Crippen molar-refractivity contribution in [2.45, 2.75) is 45.1 Å². The van der Waals surface area contributed by atoms with Gasteiger partial charge in [-0.2, -0.15) is 0 Å². The highest BCUT2D eigenvalue weighted by atomic mass is 35.5. The number of piperidine rings is 1. The Morgan fingerprint density at radius 2 is 1.80 bits per heavy atom. The highest BCUT2D eigenvalue weighted by molar-refractivity contribution is 6.30. The Hall–Kier alpha value is -1.26. The molecule has 2 aliphatic heterocycles. The molecule has 0 radical (unpaired) electrons. The topological polar surface area (TPSA) is 41.6 Å². The van der Waals surface area contributed by atoms with Crippen LogP contribution in [0.25, 0.3) is 0 Å². The molecule has 2 fully saturated rings. The molecule has 0 bridgehead atoms. The lowest BCUT2D eigenvalue weighted by molar-refractivity contribution is -0.141. The molecule has 0 spiro atoms. The molecule has 0 aromatic heterocycles. The van der Waals surface area contributed by atoms with Crippen LogP contribution in [0.15, 0.2) is 24.3 Å². The Morgan fingerprint density at radius 1 is 1.20 bits per heavy atom. The van der Waals surface area contributed by atoms with Crippen LogP contribution >= 0.6 is 11.6 Å². The molecule has 5 heteroatoms. The number of rotatable bonds is 4. The van der Waals surface area contributed by atoms with Gasteiger partial charge in [0.1, 0.15) is 5.54 Å². The maximum atomic E-state index is 13.4. The van der Waals surface area contributed by atoms with Crippen LogP contribution in [0.3, 0.4) is 0 Å². The Balaban J connectivity index is 1.73. The van der Waals surface area contributed by atoms with E-state index >= 15 is 0 Å². The van der Waals surface area contributed by atoms with Gasteiger partial charge in [0, 0.05) is 49.9 Å². The van der Waals surface area contributed by atoms with Crippen LogP contribution in [0.5, 0.6) is 0 Å². The van der Waals surface area contributed by atoms with Crippen LogP contribution < -0.4 is 5.32 Å². The number of halogens is 1. The summed E-state index contributed by atoms with van der Waals surface area (Å²) in [7, 11) is 0. The lowest BCUT2D eigenvalue weighted by Gasteiger charge is -2.43. The van der Waals surface area contributed by atoms with Gasteiger partial charge in [0.15, 0.2) is 0 Å². The summed E-state index contributed by atoms with van der Waals surface area (Å²) in [5.74, 6) is 1.66. The van der Waals surface area contributed by atoms with Gasteiger partial charge >= 0.3 is 0 Å². The number of anilines is 1. The summed E-state index contributed by atoms with van der Waals surface area (Å²) in [4.78, 5) is 15.5. The summed E-state index contributed by atoms with van der Waals surface area (Å²) < 4.78 is 5.54.